The van der Waals surface area contributed by atoms with Gasteiger partial charge in [-0.1, -0.05) is 33.6 Å². The number of ether oxygens (including phenoxy) is 1. The molecule has 4 nitrogen and oxygen atoms in total. The minimum atomic E-state index is -4.47. The van der Waals surface area contributed by atoms with Crippen LogP contribution in [0.4, 0.5) is 13.2 Å². The fourth-order valence-electron chi connectivity index (χ4n) is 1.78. The summed E-state index contributed by atoms with van der Waals surface area (Å²) in [4.78, 5) is 15.9. The smallest absolute Gasteiger partial charge is 0.422 e. The number of rotatable bonds is 5. The average Bonchev–Trinajstić information content (AvgIpc) is 2.53. The zero-order valence-electron chi connectivity index (χ0n) is 12.0. The Morgan fingerprint density at radius 2 is 2.08 bits per heavy atom. The third-order valence-electron chi connectivity index (χ3n) is 2.83. The Morgan fingerprint density at radius 3 is 2.79 bits per heavy atom. The van der Waals surface area contributed by atoms with E-state index in [9.17, 15) is 18.0 Å². The normalized spacial score (nSPS) is 11.2. The van der Waals surface area contributed by atoms with Gasteiger partial charge in [0.2, 0.25) is 5.88 Å². The van der Waals surface area contributed by atoms with Crippen molar-refractivity contribution in [3.05, 3.63) is 57.2 Å². The molecule has 0 saturated carbocycles. The van der Waals surface area contributed by atoms with Gasteiger partial charge in [0.25, 0.3) is 5.91 Å². The van der Waals surface area contributed by atoms with Crippen LogP contribution in [0.1, 0.15) is 15.9 Å². The molecule has 2 rings (SSSR count). The molecule has 2 aromatic rings. The summed E-state index contributed by atoms with van der Waals surface area (Å²) in [7, 11) is 0. The molecule has 1 aromatic carbocycles. The molecule has 128 valence electrons. The zero-order valence-corrected chi connectivity index (χ0v) is 14.4. The summed E-state index contributed by atoms with van der Waals surface area (Å²) in [5, 5.41) is 2.84. The minimum absolute atomic E-state index is 0.0529. The van der Waals surface area contributed by atoms with E-state index in [-0.39, 0.29) is 23.0 Å². The highest BCUT2D eigenvalue weighted by atomic mass is 79.9. The molecule has 0 aliphatic carbocycles. The van der Waals surface area contributed by atoms with Gasteiger partial charge in [-0.3, -0.25) is 4.79 Å². The quantitative estimate of drug-likeness (QED) is 0.777. The molecule has 24 heavy (non-hydrogen) atoms. The molecule has 1 N–H and O–H groups in total. The number of hydrogen-bond donors (Lipinski definition) is 1. The standard InChI is InChI=1S/C15H11BrClF3N2O2/c16-10-3-4-12(17)11(6-10)13(23)22-7-9-2-1-5-21-14(9)24-8-15(18,19)20/h1-6H,7-8H2,(H,22,23). The van der Waals surface area contributed by atoms with Crippen molar-refractivity contribution in [1.29, 1.82) is 0 Å². The van der Waals surface area contributed by atoms with Crippen LogP contribution in [-0.2, 0) is 6.54 Å². The van der Waals surface area contributed by atoms with Crippen LogP contribution in [0.2, 0.25) is 5.02 Å². The molecule has 0 spiro atoms. The van der Waals surface area contributed by atoms with Crippen LogP contribution in [0, 0.1) is 0 Å². The van der Waals surface area contributed by atoms with E-state index >= 15 is 0 Å². The van der Waals surface area contributed by atoms with E-state index in [0.29, 0.717) is 10.0 Å². The van der Waals surface area contributed by atoms with E-state index in [1.54, 1.807) is 18.2 Å². The zero-order chi connectivity index (χ0) is 17.7. The Morgan fingerprint density at radius 1 is 1.33 bits per heavy atom. The third kappa shape index (κ3) is 5.38. The van der Waals surface area contributed by atoms with Gasteiger partial charge in [-0.25, -0.2) is 4.98 Å². The lowest BCUT2D eigenvalue weighted by Gasteiger charge is -2.13. The van der Waals surface area contributed by atoms with Gasteiger partial charge >= 0.3 is 6.18 Å². The van der Waals surface area contributed by atoms with Crippen LogP contribution in [-0.4, -0.2) is 23.7 Å². The topological polar surface area (TPSA) is 51.2 Å². The predicted octanol–water partition coefficient (Wildman–Crippen LogP) is 4.37. The Hall–Kier alpha value is -1.80. The highest BCUT2D eigenvalue weighted by molar-refractivity contribution is 9.10. The van der Waals surface area contributed by atoms with Gasteiger partial charge in [0.1, 0.15) is 0 Å². The van der Waals surface area contributed by atoms with E-state index in [2.05, 4.69) is 31.0 Å². The number of nitrogens with one attached hydrogen (secondary N) is 1. The summed E-state index contributed by atoms with van der Waals surface area (Å²) < 4.78 is 42.1. The van der Waals surface area contributed by atoms with Gasteiger partial charge in [-0.15, -0.1) is 0 Å². The maximum absolute atomic E-state index is 12.2. The van der Waals surface area contributed by atoms with Crippen molar-refractivity contribution in [2.45, 2.75) is 12.7 Å². The Labute approximate surface area is 149 Å². The minimum Gasteiger partial charge on any atom is -0.468 e. The fraction of sp³-hybridized carbons (Fsp3) is 0.200. The molecule has 0 bridgehead atoms. The van der Waals surface area contributed by atoms with Crippen molar-refractivity contribution in [2.24, 2.45) is 0 Å². The third-order valence-corrected chi connectivity index (χ3v) is 3.66. The molecule has 0 fully saturated rings. The van der Waals surface area contributed by atoms with Gasteiger partial charge in [-0.05, 0) is 24.3 Å². The number of carbonyl (C=O) groups excluding carboxylic acids is 1. The molecule has 0 unspecified atom stereocenters. The lowest BCUT2D eigenvalue weighted by molar-refractivity contribution is -0.154. The molecule has 0 radical (unpaired) electrons. The highest BCUT2D eigenvalue weighted by Gasteiger charge is 2.29. The maximum atomic E-state index is 12.2. The lowest BCUT2D eigenvalue weighted by Crippen LogP contribution is -2.24. The Bertz CT molecular complexity index is 741. The monoisotopic (exact) mass is 422 g/mol. The number of hydrogen-bond acceptors (Lipinski definition) is 3. The Balaban J connectivity index is 2.06. The van der Waals surface area contributed by atoms with Crippen LogP contribution < -0.4 is 10.1 Å². The van der Waals surface area contributed by atoms with Crippen LogP contribution >= 0.6 is 27.5 Å². The predicted molar refractivity (Wildman–Crippen MR) is 86.1 cm³/mol. The second-order valence-electron chi connectivity index (χ2n) is 4.68. The number of pyridine rings is 1. The maximum Gasteiger partial charge on any atom is 0.422 e. The van der Waals surface area contributed by atoms with Crippen molar-refractivity contribution >= 4 is 33.4 Å². The van der Waals surface area contributed by atoms with Crippen LogP contribution in [0.3, 0.4) is 0 Å². The molecular weight excluding hydrogens is 413 g/mol. The van der Waals surface area contributed by atoms with Crippen molar-refractivity contribution in [3.8, 4) is 5.88 Å². The van der Waals surface area contributed by atoms with E-state index < -0.39 is 18.7 Å². The second-order valence-corrected chi connectivity index (χ2v) is 6.00. The van der Waals surface area contributed by atoms with Gasteiger partial charge in [-0.2, -0.15) is 13.2 Å². The van der Waals surface area contributed by atoms with Gasteiger partial charge in [0.05, 0.1) is 10.6 Å². The largest absolute Gasteiger partial charge is 0.468 e. The Kier molecular flexibility index (Phi) is 6.06. The number of halogens is 5. The molecule has 1 heterocycles. The molecule has 0 aliphatic rings. The number of aromatic nitrogens is 1. The van der Waals surface area contributed by atoms with Crippen LogP contribution in [0.15, 0.2) is 41.0 Å². The van der Waals surface area contributed by atoms with Crippen molar-refractivity contribution in [2.75, 3.05) is 6.61 Å². The summed E-state index contributed by atoms with van der Waals surface area (Å²) in [6, 6.07) is 7.84. The number of nitrogens with zero attached hydrogens (tertiary/aromatic N) is 1. The van der Waals surface area contributed by atoms with Crippen molar-refractivity contribution in [1.82, 2.24) is 10.3 Å². The average molecular weight is 424 g/mol. The molecule has 0 aliphatic heterocycles. The van der Waals surface area contributed by atoms with Crippen LogP contribution in [0.25, 0.3) is 0 Å². The summed E-state index contributed by atoms with van der Waals surface area (Å²) in [6.07, 6.45) is -3.16. The molecule has 0 saturated heterocycles. The van der Waals surface area contributed by atoms with Crippen LogP contribution in [0.5, 0.6) is 5.88 Å². The van der Waals surface area contributed by atoms with Gasteiger partial charge in [0.15, 0.2) is 6.61 Å². The summed E-state index contributed by atoms with van der Waals surface area (Å²) in [5.41, 5.74) is 0.564. The summed E-state index contributed by atoms with van der Waals surface area (Å²) in [5.74, 6) is -0.651. The van der Waals surface area contributed by atoms with E-state index in [1.165, 1.54) is 18.3 Å². The van der Waals surface area contributed by atoms with E-state index in [4.69, 9.17) is 11.6 Å². The fourth-order valence-corrected chi connectivity index (χ4v) is 2.35. The number of benzene rings is 1. The summed E-state index contributed by atoms with van der Waals surface area (Å²) in [6.45, 7) is -1.51. The van der Waals surface area contributed by atoms with Gasteiger partial charge in [0, 0.05) is 22.8 Å². The lowest BCUT2D eigenvalue weighted by atomic mass is 10.2. The second kappa shape index (κ2) is 7.85. The first-order valence-corrected chi connectivity index (χ1v) is 7.80. The molecule has 1 aromatic heterocycles. The highest BCUT2D eigenvalue weighted by Crippen LogP contribution is 2.22. The molecule has 1 amide bonds. The molecule has 0 atom stereocenters. The van der Waals surface area contributed by atoms with Crippen molar-refractivity contribution in [3.63, 3.8) is 0 Å². The molecular formula is C15H11BrClF3N2O2. The summed E-state index contributed by atoms with van der Waals surface area (Å²) >= 11 is 9.20. The van der Waals surface area contributed by atoms with E-state index in [1.807, 2.05) is 0 Å². The van der Waals surface area contributed by atoms with Gasteiger partial charge < -0.3 is 10.1 Å². The van der Waals surface area contributed by atoms with Crippen molar-refractivity contribution < 1.29 is 22.7 Å². The number of carbonyl (C=O) groups is 1. The molecule has 9 heteroatoms. The SMILES string of the molecule is O=C(NCc1cccnc1OCC(F)(F)F)c1cc(Br)ccc1Cl. The number of amides is 1. The van der Waals surface area contributed by atoms with E-state index in [0.717, 1.165) is 0 Å². The first-order chi connectivity index (χ1) is 11.3. The number of alkyl halides is 3. The first-order valence-electron chi connectivity index (χ1n) is 6.63. The first kappa shape index (κ1) is 18.5.